The lowest BCUT2D eigenvalue weighted by Crippen LogP contribution is -2.17. The molecule has 3 aromatic rings. The third-order valence-electron chi connectivity index (χ3n) is 3.80. The number of nitro groups is 1. The number of nitrogens with one attached hydrogen (secondary N) is 1. The molecule has 0 bridgehead atoms. The second-order valence-electron chi connectivity index (χ2n) is 5.61. The van der Waals surface area contributed by atoms with E-state index in [-0.39, 0.29) is 16.6 Å². The van der Waals surface area contributed by atoms with Crippen LogP contribution in [0.2, 0.25) is 5.02 Å². The van der Waals surface area contributed by atoms with Gasteiger partial charge in [-0.05, 0) is 29.3 Å². The first-order valence-electron chi connectivity index (χ1n) is 7.97. The number of hydrazone groups is 1. The minimum absolute atomic E-state index is 0.0414. The van der Waals surface area contributed by atoms with Crippen LogP contribution in [0.1, 0.15) is 15.9 Å². The number of hydrogen-bond donors (Lipinski definition) is 1. The van der Waals surface area contributed by atoms with Gasteiger partial charge in [0, 0.05) is 17.2 Å². The fourth-order valence-electron chi connectivity index (χ4n) is 2.42. The van der Waals surface area contributed by atoms with Crippen LogP contribution in [0.5, 0.6) is 0 Å². The monoisotopic (exact) mass is 379 g/mol. The van der Waals surface area contributed by atoms with Gasteiger partial charge in [-0.1, -0.05) is 60.1 Å². The molecule has 0 saturated carbocycles. The Hall–Kier alpha value is -3.51. The number of benzene rings is 3. The van der Waals surface area contributed by atoms with Gasteiger partial charge >= 0.3 is 0 Å². The van der Waals surface area contributed by atoms with Crippen molar-refractivity contribution in [1.82, 2.24) is 5.43 Å². The van der Waals surface area contributed by atoms with Crippen molar-refractivity contribution < 1.29 is 9.72 Å². The largest absolute Gasteiger partial charge is 0.288 e. The van der Waals surface area contributed by atoms with Gasteiger partial charge in [0.15, 0.2) is 0 Å². The highest BCUT2D eigenvalue weighted by Gasteiger charge is 2.12. The van der Waals surface area contributed by atoms with E-state index in [9.17, 15) is 14.9 Å². The van der Waals surface area contributed by atoms with Crippen LogP contribution >= 0.6 is 11.6 Å². The van der Waals surface area contributed by atoms with Gasteiger partial charge in [-0.3, -0.25) is 14.9 Å². The first-order chi connectivity index (χ1) is 13.0. The summed E-state index contributed by atoms with van der Waals surface area (Å²) < 4.78 is 0. The van der Waals surface area contributed by atoms with Crippen molar-refractivity contribution in [3.63, 3.8) is 0 Å². The van der Waals surface area contributed by atoms with Crippen LogP contribution < -0.4 is 5.43 Å². The molecule has 1 N–H and O–H groups in total. The second kappa shape index (κ2) is 8.25. The van der Waals surface area contributed by atoms with E-state index in [0.717, 1.165) is 11.1 Å². The van der Waals surface area contributed by atoms with Gasteiger partial charge in [0.1, 0.15) is 5.02 Å². The van der Waals surface area contributed by atoms with Crippen LogP contribution in [0.25, 0.3) is 11.1 Å². The number of amides is 1. The van der Waals surface area contributed by atoms with E-state index < -0.39 is 4.92 Å². The molecule has 0 aromatic heterocycles. The fraction of sp³-hybridized carbons (Fsp3) is 0. The molecule has 7 heteroatoms. The second-order valence-corrected chi connectivity index (χ2v) is 6.02. The zero-order valence-electron chi connectivity index (χ0n) is 14.0. The summed E-state index contributed by atoms with van der Waals surface area (Å²) in [4.78, 5) is 22.5. The Morgan fingerprint density at radius 1 is 1.00 bits per heavy atom. The Kier molecular flexibility index (Phi) is 5.58. The van der Waals surface area contributed by atoms with Crippen molar-refractivity contribution in [2.45, 2.75) is 0 Å². The van der Waals surface area contributed by atoms with Crippen LogP contribution in [0.15, 0.2) is 77.9 Å². The van der Waals surface area contributed by atoms with Crippen LogP contribution in [0, 0.1) is 10.1 Å². The van der Waals surface area contributed by atoms with Crippen LogP contribution in [0.4, 0.5) is 5.69 Å². The molecule has 0 aliphatic rings. The minimum Gasteiger partial charge on any atom is -0.267 e. The molecule has 6 nitrogen and oxygen atoms in total. The maximum Gasteiger partial charge on any atom is 0.288 e. The third kappa shape index (κ3) is 4.56. The van der Waals surface area contributed by atoms with E-state index in [4.69, 9.17) is 11.6 Å². The van der Waals surface area contributed by atoms with Crippen molar-refractivity contribution in [3.8, 4) is 11.1 Å². The van der Waals surface area contributed by atoms with Gasteiger partial charge in [0.05, 0.1) is 11.1 Å². The molecule has 0 atom stereocenters. The molecule has 1 amide bonds. The molecule has 0 unspecified atom stereocenters. The standard InChI is InChI=1S/C20H14ClN3O3/c21-18-11-6-14(12-19(18)24(26)27)13-22-23-20(25)17-9-7-16(8-10-17)15-4-2-1-3-5-15/h1-13H,(H,23,25)/b22-13-. The van der Waals surface area contributed by atoms with Gasteiger partial charge in [-0.25, -0.2) is 5.43 Å². The summed E-state index contributed by atoms with van der Waals surface area (Å²) in [7, 11) is 0. The maximum absolute atomic E-state index is 12.2. The Morgan fingerprint density at radius 3 is 2.33 bits per heavy atom. The van der Waals surface area contributed by atoms with Crippen molar-refractivity contribution in [2.75, 3.05) is 0 Å². The molecular weight excluding hydrogens is 366 g/mol. The summed E-state index contributed by atoms with van der Waals surface area (Å²) in [5.74, 6) is -0.380. The quantitative estimate of drug-likeness (QED) is 0.397. The molecular formula is C20H14ClN3O3. The van der Waals surface area contributed by atoms with Crippen molar-refractivity contribution in [1.29, 1.82) is 0 Å². The molecule has 0 saturated heterocycles. The number of carbonyl (C=O) groups is 1. The van der Waals surface area contributed by atoms with E-state index in [1.54, 1.807) is 18.2 Å². The number of rotatable bonds is 5. The summed E-state index contributed by atoms with van der Waals surface area (Å²) in [5, 5.41) is 14.8. The predicted octanol–water partition coefficient (Wildman–Crippen LogP) is 4.68. The molecule has 3 rings (SSSR count). The van der Waals surface area contributed by atoms with Gasteiger partial charge in [-0.2, -0.15) is 5.10 Å². The Morgan fingerprint density at radius 2 is 1.67 bits per heavy atom. The summed E-state index contributed by atoms with van der Waals surface area (Å²) in [5.41, 5.74) is 5.15. The first kappa shape index (κ1) is 18.3. The SMILES string of the molecule is O=C(N/N=C\c1ccc(Cl)c([N+](=O)[O-])c1)c1ccc(-c2ccccc2)cc1. The Balaban J connectivity index is 1.66. The highest BCUT2D eigenvalue weighted by Crippen LogP contribution is 2.24. The topological polar surface area (TPSA) is 84.6 Å². The maximum atomic E-state index is 12.2. The van der Waals surface area contributed by atoms with E-state index in [1.165, 1.54) is 18.3 Å². The summed E-state index contributed by atoms with van der Waals surface area (Å²) in [6, 6.07) is 21.2. The molecule has 0 fully saturated rings. The smallest absolute Gasteiger partial charge is 0.267 e. The van der Waals surface area contributed by atoms with Crippen LogP contribution in [-0.2, 0) is 0 Å². The average molecular weight is 380 g/mol. The predicted molar refractivity (Wildman–Crippen MR) is 105 cm³/mol. The zero-order valence-corrected chi connectivity index (χ0v) is 14.8. The highest BCUT2D eigenvalue weighted by atomic mass is 35.5. The van der Waals surface area contributed by atoms with E-state index in [1.807, 2.05) is 42.5 Å². The Bertz CT molecular complexity index is 1000. The molecule has 134 valence electrons. The molecule has 27 heavy (non-hydrogen) atoms. The molecule has 0 heterocycles. The summed E-state index contributed by atoms with van der Waals surface area (Å²) in [6.45, 7) is 0. The summed E-state index contributed by atoms with van der Waals surface area (Å²) >= 11 is 5.76. The van der Waals surface area contributed by atoms with Gasteiger partial charge in [0.2, 0.25) is 0 Å². The first-order valence-corrected chi connectivity index (χ1v) is 8.35. The van der Waals surface area contributed by atoms with Crippen molar-refractivity contribution in [2.24, 2.45) is 5.10 Å². The number of carbonyl (C=O) groups excluding carboxylic acids is 1. The molecule has 0 aliphatic heterocycles. The van der Waals surface area contributed by atoms with Crippen LogP contribution in [-0.4, -0.2) is 17.0 Å². The zero-order chi connectivity index (χ0) is 19.2. The summed E-state index contributed by atoms with van der Waals surface area (Å²) in [6.07, 6.45) is 1.32. The number of halogens is 1. The van der Waals surface area contributed by atoms with E-state index >= 15 is 0 Å². The molecule has 0 radical (unpaired) electrons. The van der Waals surface area contributed by atoms with E-state index in [0.29, 0.717) is 11.1 Å². The molecule has 3 aromatic carbocycles. The molecule has 0 aliphatic carbocycles. The van der Waals surface area contributed by atoms with Crippen LogP contribution in [0.3, 0.4) is 0 Å². The van der Waals surface area contributed by atoms with E-state index in [2.05, 4.69) is 10.5 Å². The highest BCUT2D eigenvalue weighted by molar-refractivity contribution is 6.32. The lowest BCUT2D eigenvalue weighted by molar-refractivity contribution is -0.384. The van der Waals surface area contributed by atoms with Gasteiger partial charge < -0.3 is 0 Å². The van der Waals surface area contributed by atoms with Gasteiger partial charge in [0.25, 0.3) is 11.6 Å². The number of nitro benzene ring substituents is 1. The average Bonchev–Trinajstić information content (AvgIpc) is 2.69. The number of nitrogens with zero attached hydrogens (tertiary/aromatic N) is 2. The minimum atomic E-state index is -0.577. The lowest BCUT2D eigenvalue weighted by atomic mass is 10.0. The van der Waals surface area contributed by atoms with Crippen molar-refractivity contribution in [3.05, 3.63) is 99.1 Å². The van der Waals surface area contributed by atoms with Crippen molar-refractivity contribution >= 4 is 29.4 Å². The lowest BCUT2D eigenvalue weighted by Gasteiger charge is -2.03. The third-order valence-corrected chi connectivity index (χ3v) is 4.12. The Labute approximate surface area is 160 Å². The normalized spacial score (nSPS) is 10.7. The molecule has 0 spiro atoms. The van der Waals surface area contributed by atoms with Gasteiger partial charge in [-0.15, -0.1) is 0 Å². The fourth-order valence-corrected chi connectivity index (χ4v) is 2.61. The number of hydrogen-bond acceptors (Lipinski definition) is 4.